The fourth-order valence-electron chi connectivity index (χ4n) is 1.96. The third-order valence-corrected chi connectivity index (χ3v) is 3.23. The molecule has 0 aliphatic heterocycles. The molecule has 0 amide bonds. The van der Waals surface area contributed by atoms with Crippen molar-refractivity contribution in [3.63, 3.8) is 0 Å². The van der Waals surface area contributed by atoms with Gasteiger partial charge in [0, 0.05) is 31.3 Å². The molecular weight excluding hydrogens is 278 g/mol. The first kappa shape index (κ1) is 17.7. The fourth-order valence-corrected chi connectivity index (χ4v) is 1.96. The molecule has 0 aromatic heterocycles. The minimum absolute atomic E-state index is 0.0495. The molecule has 1 aromatic carbocycles. The van der Waals surface area contributed by atoms with Gasteiger partial charge in [0.1, 0.15) is 5.84 Å². The number of anilines is 1. The lowest BCUT2D eigenvalue weighted by atomic mass is 9.97. The Bertz CT molecular complexity index is 586. The number of hydrogen-bond donors (Lipinski definition) is 3. The molecule has 5 nitrogen and oxygen atoms in total. The first-order valence-electron chi connectivity index (χ1n) is 7.02. The van der Waals surface area contributed by atoms with E-state index >= 15 is 0 Å². The SMILES string of the molecule is CC(/C=C/C(=N)NO)=C\[C@@H](C)C(=O)c1ccc(N(C)C)cc1. The summed E-state index contributed by atoms with van der Waals surface area (Å²) in [6.45, 7) is 3.69. The molecule has 0 aliphatic rings. The van der Waals surface area contributed by atoms with Crippen molar-refractivity contribution in [3.8, 4) is 0 Å². The lowest BCUT2D eigenvalue weighted by molar-refractivity contribution is 0.0953. The molecule has 0 bridgehead atoms. The Hall–Kier alpha value is -2.40. The number of Topliss-reactive ketones (excluding diaryl/α,β-unsaturated/α-hetero) is 1. The van der Waals surface area contributed by atoms with E-state index in [0.29, 0.717) is 5.56 Å². The highest BCUT2D eigenvalue weighted by atomic mass is 16.5. The zero-order valence-corrected chi connectivity index (χ0v) is 13.4. The molecule has 0 saturated heterocycles. The monoisotopic (exact) mass is 301 g/mol. The van der Waals surface area contributed by atoms with E-state index in [1.54, 1.807) is 11.6 Å². The van der Waals surface area contributed by atoms with Crippen LogP contribution >= 0.6 is 0 Å². The molecule has 0 fully saturated rings. The predicted molar refractivity (Wildman–Crippen MR) is 89.8 cm³/mol. The van der Waals surface area contributed by atoms with Crippen LogP contribution in [0.4, 0.5) is 5.69 Å². The highest BCUT2D eigenvalue weighted by molar-refractivity contribution is 5.99. The molecule has 0 spiro atoms. The van der Waals surface area contributed by atoms with Gasteiger partial charge in [-0.25, -0.2) is 0 Å². The predicted octanol–water partition coefficient (Wildman–Crippen LogP) is 3.03. The molecule has 3 N–H and O–H groups in total. The van der Waals surface area contributed by atoms with Crippen LogP contribution < -0.4 is 10.4 Å². The van der Waals surface area contributed by atoms with Crippen LogP contribution in [0.25, 0.3) is 0 Å². The van der Waals surface area contributed by atoms with Crippen LogP contribution in [0.2, 0.25) is 0 Å². The molecule has 5 heteroatoms. The normalized spacial score (nSPS) is 13.0. The Labute approximate surface area is 131 Å². The quantitative estimate of drug-likeness (QED) is 0.248. The van der Waals surface area contributed by atoms with Gasteiger partial charge in [-0.15, -0.1) is 0 Å². The zero-order chi connectivity index (χ0) is 16.7. The maximum Gasteiger partial charge on any atom is 0.169 e. The Morgan fingerprint density at radius 2 is 1.86 bits per heavy atom. The number of ketones is 1. The number of nitrogens with zero attached hydrogens (tertiary/aromatic N) is 1. The summed E-state index contributed by atoms with van der Waals surface area (Å²) >= 11 is 0. The van der Waals surface area contributed by atoms with Gasteiger partial charge in [-0.05, 0) is 37.3 Å². The van der Waals surface area contributed by atoms with Gasteiger partial charge in [0.2, 0.25) is 0 Å². The molecule has 118 valence electrons. The Balaban J connectivity index is 2.79. The minimum atomic E-state index is -0.258. The number of nitrogens with one attached hydrogen (secondary N) is 2. The van der Waals surface area contributed by atoms with E-state index in [1.165, 1.54) is 6.08 Å². The zero-order valence-electron chi connectivity index (χ0n) is 13.4. The van der Waals surface area contributed by atoms with Gasteiger partial charge in [0.25, 0.3) is 0 Å². The first-order valence-corrected chi connectivity index (χ1v) is 7.02. The summed E-state index contributed by atoms with van der Waals surface area (Å²) in [5.41, 5.74) is 4.31. The smallest absolute Gasteiger partial charge is 0.169 e. The van der Waals surface area contributed by atoms with Crippen LogP contribution in [0.1, 0.15) is 24.2 Å². The second-order valence-corrected chi connectivity index (χ2v) is 5.36. The molecule has 0 heterocycles. The van der Waals surface area contributed by atoms with Gasteiger partial charge in [-0.1, -0.05) is 24.6 Å². The number of benzene rings is 1. The van der Waals surface area contributed by atoms with Crippen molar-refractivity contribution in [3.05, 3.63) is 53.6 Å². The number of rotatable bonds is 6. The molecule has 1 rings (SSSR count). The van der Waals surface area contributed by atoms with Crippen molar-refractivity contribution in [1.29, 1.82) is 5.41 Å². The van der Waals surface area contributed by atoms with Crippen LogP contribution in [0, 0.1) is 11.3 Å². The van der Waals surface area contributed by atoms with Gasteiger partial charge in [-0.2, -0.15) is 0 Å². The largest absolute Gasteiger partial charge is 0.378 e. The summed E-state index contributed by atoms with van der Waals surface area (Å²) in [5, 5.41) is 15.8. The number of allylic oxidation sites excluding steroid dienone is 3. The first-order chi connectivity index (χ1) is 10.3. The average molecular weight is 301 g/mol. The van der Waals surface area contributed by atoms with Gasteiger partial charge < -0.3 is 4.90 Å². The molecule has 0 radical (unpaired) electrons. The maximum absolute atomic E-state index is 12.4. The maximum atomic E-state index is 12.4. The number of carbonyl (C=O) groups excluding carboxylic acids is 1. The molecular formula is C17H23N3O2. The summed E-state index contributed by atoms with van der Waals surface area (Å²) < 4.78 is 0. The molecule has 0 unspecified atom stereocenters. The van der Waals surface area contributed by atoms with Crippen molar-refractivity contribution in [2.45, 2.75) is 13.8 Å². The number of amidine groups is 1. The Kier molecular flexibility index (Phi) is 6.53. The third kappa shape index (κ3) is 5.18. The van der Waals surface area contributed by atoms with Crippen molar-refractivity contribution < 1.29 is 10.0 Å². The van der Waals surface area contributed by atoms with E-state index in [-0.39, 0.29) is 17.5 Å². The van der Waals surface area contributed by atoms with Crippen LogP contribution in [0.5, 0.6) is 0 Å². The van der Waals surface area contributed by atoms with Gasteiger partial charge in [0.05, 0.1) is 0 Å². The van der Waals surface area contributed by atoms with Crippen molar-refractivity contribution in [2.75, 3.05) is 19.0 Å². The van der Waals surface area contributed by atoms with Gasteiger partial charge in [0.15, 0.2) is 5.78 Å². The Morgan fingerprint density at radius 1 is 1.27 bits per heavy atom. The minimum Gasteiger partial charge on any atom is -0.378 e. The summed E-state index contributed by atoms with van der Waals surface area (Å²) in [7, 11) is 3.91. The van der Waals surface area contributed by atoms with E-state index in [4.69, 9.17) is 10.6 Å². The van der Waals surface area contributed by atoms with Crippen LogP contribution in [-0.4, -0.2) is 30.9 Å². The molecule has 22 heavy (non-hydrogen) atoms. The summed E-state index contributed by atoms with van der Waals surface area (Å²) in [5.74, 6) is -0.314. The second-order valence-electron chi connectivity index (χ2n) is 5.36. The van der Waals surface area contributed by atoms with E-state index in [0.717, 1.165) is 11.3 Å². The van der Waals surface area contributed by atoms with E-state index in [1.807, 2.05) is 63.2 Å². The Morgan fingerprint density at radius 3 is 2.36 bits per heavy atom. The van der Waals surface area contributed by atoms with Crippen molar-refractivity contribution >= 4 is 17.3 Å². The fraction of sp³-hybridized carbons (Fsp3) is 0.294. The topological polar surface area (TPSA) is 76.4 Å². The third-order valence-electron chi connectivity index (χ3n) is 3.23. The number of carbonyl (C=O) groups is 1. The molecule has 0 aliphatic carbocycles. The van der Waals surface area contributed by atoms with E-state index in [2.05, 4.69) is 0 Å². The second kappa shape index (κ2) is 8.14. The van der Waals surface area contributed by atoms with Gasteiger partial charge in [-0.3, -0.25) is 20.9 Å². The average Bonchev–Trinajstić information content (AvgIpc) is 2.51. The lowest BCUT2D eigenvalue weighted by Crippen LogP contribution is -2.14. The number of hydrogen-bond acceptors (Lipinski definition) is 4. The van der Waals surface area contributed by atoms with E-state index in [9.17, 15) is 4.79 Å². The highest BCUT2D eigenvalue weighted by Crippen LogP contribution is 2.17. The molecule has 1 atom stereocenters. The summed E-state index contributed by atoms with van der Waals surface area (Å²) in [6.07, 6.45) is 4.93. The van der Waals surface area contributed by atoms with Crippen molar-refractivity contribution in [2.24, 2.45) is 5.92 Å². The summed E-state index contributed by atoms with van der Waals surface area (Å²) in [4.78, 5) is 14.4. The molecule has 0 saturated carbocycles. The van der Waals surface area contributed by atoms with Crippen LogP contribution in [0.15, 0.2) is 48.1 Å². The van der Waals surface area contributed by atoms with Crippen molar-refractivity contribution in [1.82, 2.24) is 5.48 Å². The lowest BCUT2D eigenvalue weighted by Gasteiger charge is -2.13. The summed E-state index contributed by atoms with van der Waals surface area (Å²) in [6, 6.07) is 7.51. The standard InChI is InChI=1S/C17H23N3O2/c1-12(5-10-16(18)19-22)11-13(2)17(21)14-6-8-15(9-7-14)20(3)4/h5-11,13,22H,1-4H3,(H2,18,19)/b10-5+,12-11+/t13-/m1/s1. The van der Waals surface area contributed by atoms with Crippen LogP contribution in [0.3, 0.4) is 0 Å². The molecule has 1 aromatic rings. The van der Waals surface area contributed by atoms with Crippen LogP contribution in [-0.2, 0) is 0 Å². The highest BCUT2D eigenvalue weighted by Gasteiger charge is 2.13. The van der Waals surface area contributed by atoms with E-state index < -0.39 is 0 Å². The van der Waals surface area contributed by atoms with Gasteiger partial charge >= 0.3 is 0 Å². The number of hydroxylamine groups is 1.